The van der Waals surface area contributed by atoms with E-state index in [2.05, 4.69) is 28.2 Å². The van der Waals surface area contributed by atoms with Gasteiger partial charge in [-0.25, -0.2) is 9.50 Å². The zero-order valence-corrected chi connectivity index (χ0v) is 11.0. The van der Waals surface area contributed by atoms with Crippen molar-refractivity contribution in [3.05, 3.63) is 35.3 Å². The van der Waals surface area contributed by atoms with E-state index in [-0.39, 0.29) is 0 Å². The zero-order valence-electron chi connectivity index (χ0n) is 11.0. The first-order valence-corrected chi connectivity index (χ1v) is 5.90. The predicted molar refractivity (Wildman–Crippen MR) is 69.4 cm³/mol. The second-order valence-corrected chi connectivity index (χ2v) is 4.57. The van der Waals surface area contributed by atoms with Gasteiger partial charge in [0.2, 0.25) is 0 Å². The maximum Gasteiger partial charge on any atom is 0.157 e. The Hall–Kier alpha value is -2.17. The van der Waals surface area contributed by atoms with Crippen LogP contribution in [0.2, 0.25) is 0 Å². The van der Waals surface area contributed by atoms with E-state index >= 15 is 0 Å². The van der Waals surface area contributed by atoms with Gasteiger partial charge < -0.3 is 0 Å². The smallest absolute Gasteiger partial charge is 0.157 e. The van der Waals surface area contributed by atoms with E-state index in [9.17, 15) is 0 Å². The molecular weight excluding hydrogens is 226 g/mol. The van der Waals surface area contributed by atoms with E-state index in [1.54, 1.807) is 6.20 Å². The van der Waals surface area contributed by atoms with Crippen molar-refractivity contribution in [3.8, 4) is 11.4 Å². The van der Waals surface area contributed by atoms with Crippen LogP contribution >= 0.6 is 0 Å². The predicted octanol–water partition coefficient (Wildman–Crippen LogP) is 2.06. The van der Waals surface area contributed by atoms with Crippen LogP contribution in [0.15, 0.2) is 18.3 Å². The number of aryl methyl sites for hydroxylation is 4. The summed E-state index contributed by atoms with van der Waals surface area (Å²) in [7, 11) is 1.92. The summed E-state index contributed by atoms with van der Waals surface area (Å²) in [5.74, 6) is 0. The molecule has 0 aliphatic carbocycles. The molecule has 5 heteroatoms. The maximum atomic E-state index is 4.65. The van der Waals surface area contributed by atoms with E-state index in [4.69, 9.17) is 0 Å². The third-order valence-corrected chi connectivity index (χ3v) is 3.31. The van der Waals surface area contributed by atoms with Gasteiger partial charge in [0.25, 0.3) is 0 Å². The highest BCUT2D eigenvalue weighted by Gasteiger charge is 2.12. The summed E-state index contributed by atoms with van der Waals surface area (Å²) in [5.41, 5.74) is 6.07. The fraction of sp³-hybridized carbons (Fsp3) is 0.308. The molecule has 3 aromatic rings. The Morgan fingerprint density at radius 2 is 1.94 bits per heavy atom. The first kappa shape index (κ1) is 11.0. The lowest BCUT2D eigenvalue weighted by Crippen LogP contribution is -2.02. The summed E-state index contributed by atoms with van der Waals surface area (Å²) < 4.78 is 3.74. The van der Waals surface area contributed by atoms with Gasteiger partial charge in [-0.05, 0) is 38.5 Å². The minimum Gasteiger partial charge on any atom is -0.266 e. The number of aromatic nitrogens is 5. The van der Waals surface area contributed by atoms with Crippen LogP contribution in [0.1, 0.15) is 17.0 Å². The Labute approximate surface area is 105 Å². The number of hydrogen-bond donors (Lipinski definition) is 0. The second kappa shape index (κ2) is 3.66. The Bertz CT molecular complexity index is 735. The molecule has 0 radical (unpaired) electrons. The molecular formula is C13H15N5. The molecule has 0 aromatic carbocycles. The van der Waals surface area contributed by atoms with Crippen LogP contribution < -0.4 is 0 Å². The van der Waals surface area contributed by atoms with Gasteiger partial charge in [-0.3, -0.25) is 4.68 Å². The molecule has 3 rings (SSSR count). The van der Waals surface area contributed by atoms with Crippen molar-refractivity contribution in [1.82, 2.24) is 24.4 Å². The molecule has 18 heavy (non-hydrogen) atoms. The number of imidazole rings is 1. The van der Waals surface area contributed by atoms with Crippen LogP contribution in [0.25, 0.3) is 17.0 Å². The molecule has 0 N–H and O–H groups in total. The molecule has 0 fully saturated rings. The van der Waals surface area contributed by atoms with Crippen molar-refractivity contribution in [2.75, 3.05) is 0 Å². The first-order valence-electron chi connectivity index (χ1n) is 5.90. The molecule has 0 bridgehead atoms. The van der Waals surface area contributed by atoms with Crippen molar-refractivity contribution in [3.63, 3.8) is 0 Å². The molecule has 0 atom stereocenters. The number of rotatable bonds is 1. The Kier molecular flexibility index (Phi) is 2.23. The van der Waals surface area contributed by atoms with Crippen molar-refractivity contribution in [2.24, 2.45) is 7.05 Å². The van der Waals surface area contributed by atoms with Crippen molar-refractivity contribution < 1.29 is 0 Å². The van der Waals surface area contributed by atoms with Gasteiger partial charge in [0.05, 0.1) is 17.1 Å². The zero-order chi connectivity index (χ0) is 12.9. The second-order valence-electron chi connectivity index (χ2n) is 4.57. The van der Waals surface area contributed by atoms with Gasteiger partial charge in [-0.15, -0.1) is 0 Å². The topological polar surface area (TPSA) is 48.0 Å². The lowest BCUT2D eigenvalue weighted by atomic mass is 10.2. The van der Waals surface area contributed by atoms with E-state index in [1.807, 2.05) is 36.2 Å². The highest BCUT2D eigenvalue weighted by molar-refractivity contribution is 5.60. The molecule has 0 amide bonds. The Balaban J connectivity index is 2.33. The summed E-state index contributed by atoms with van der Waals surface area (Å²) in [4.78, 5) is 4.54. The molecule has 3 heterocycles. The monoisotopic (exact) mass is 241 g/mol. The minimum atomic E-state index is 0.917. The quantitative estimate of drug-likeness (QED) is 0.655. The normalized spacial score (nSPS) is 11.3. The average molecular weight is 241 g/mol. The third kappa shape index (κ3) is 1.44. The molecule has 0 saturated carbocycles. The van der Waals surface area contributed by atoms with Crippen molar-refractivity contribution >= 4 is 5.65 Å². The first-order chi connectivity index (χ1) is 8.58. The highest BCUT2D eigenvalue weighted by Crippen LogP contribution is 2.20. The average Bonchev–Trinajstić information content (AvgIpc) is 2.87. The van der Waals surface area contributed by atoms with Crippen LogP contribution in [0.4, 0.5) is 0 Å². The van der Waals surface area contributed by atoms with Gasteiger partial charge in [-0.2, -0.15) is 10.2 Å². The summed E-state index contributed by atoms with van der Waals surface area (Å²) in [6.07, 6.45) is 1.78. The maximum absolute atomic E-state index is 4.65. The van der Waals surface area contributed by atoms with Gasteiger partial charge in [0.15, 0.2) is 5.65 Å². The number of fused-ring (bicyclic) bond motifs is 1. The standard InChI is InChI=1S/C13H15N5/c1-8-7-11(12-5-6-14-17(12)4)16-18-10(3)9(2)15-13(8)18/h5-7H,1-4H3. The Morgan fingerprint density at radius 3 is 2.61 bits per heavy atom. The van der Waals surface area contributed by atoms with Gasteiger partial charge >= 0.3 is 0 Å². The molecule has 0 unspecified atom stereocenters. The molecule has 0 aliphatic rings. The van der Waals surface area contributed by atoms with Gasteiger partial charge in [-0.1, -0.05) is 0 Å². The largest absolute Gasteiger partial charge is 0.266 e. The van der Waals surface area contributed by atoms with Gasteiger partial charge in [0.1, 0.15) is 5.69 Å². The molecule has 92 valence electrons. The lowest BCUT2D eigenvalue weighted by Gasteiger charge is -2.05. The Morgan fingerprint density at radius 1 is 1.17 bits per heavy atom. The number of hydrogen-bond acceptors (Lipinski definition) is 3. The number of nitrogens with zero attached hydrogens (tertiary/aromatic N) is 5. The van der Waals surface area contributed by atoms with Crippen LogP contribution in [0.5, 0.6) is 0 Å². The molecule has 0 spiro atoms. The van der Waals surface area contributed by atoms with E-state index in [1.165, 1.54) is 0 Å². The van der Waals surface area contributed by atoms with E-state index < -0.39 is 0 Å². The molecule has 0 aliphatic heterocycles. The van der Waals surface area contributed by atoms with E-state index in [0.29, 0.717) is 0 Å². The van der Waals surface area contributed by atoms with Crippen molar-refractivity contribution in [1.29, 1.82) is 0 Å². The summed E-state index contributed by atoms with van der Waals surface area (Å²) in [5, 5.41) is 8.84. The molecule has 5 nitrogen and oxygen atoms in total. The fourth-order valence-electron chi connectivity index (χ4n) is 2.13. The summed E-state index contributed by atoms with van der Waals surface area (Å²) >= 11 is 0. The van der Waals surface area contributed by atoms with Crippen LogP contribution in [-0.4, -0.2) is 24.4 Å². The van der Waals surface area contributed by atoms with Crippen LogP contribution in [-0.2, 0) is 7.05 Å². The lowest BCUT2D eigenvalue weighted by molar-refractivity contribution is 0.767. The third-order valence-electron chi connectivity index (χ3n) is 3.31. The SMILES string of the molecule is Cc1nc2c(C)cc(-c3ccnn3C)nn2c1C. The fourth-order valence-corrected chi connectivity index (χ4v) is 2.13. The van der Waals surface area contributed by atoms with Gasteiger partial charge in [0, 0.05) is 13.2 Å². The highest BCUT2D eigenvalue weighted by atomic mass is 15.3. The summed E-state index contributed by atoms with van der Waals surface area (Å²) in [6, 6.07) is 4.02. The summed E-state index contributed by atoms with van der Waals surface area (Å²) in [6.45, 7) is 6.10. The van der Waals surface area contributed by atoms with Crippen LogP contribution in [0, 0.1) is 20.8 Å². The molecule has 0 saturated heterocycles. The van der Waals surface area contributed by atoms with Crippen molar-refractivity contribution in [2.45, 2.75) is 20.8 Å². The minimum absolute atomic E-state index is 0.917. The molecule has 3 aromatic heterocycles. The van der Waals surface area contributed by atoms with Crippen LogP contribution in [0.3, 0.4) is 0 Å². The van der Waals surface area contributed by atoms with E-state index in [0.717, 1.165) is 34.0 Å².